The summed E-state index contributed by atoms with van der Waals surface area (Å²) in [6, 6.07) is 0.650. The molecular weight excluding hydrogens is 258 g/mol. The molecule has 112 valence electrons. The Morgan fingerprint density at radius 3 is 2.58 bits per heavy atom. The van der Waals surface area contributed by atoms with Crippen molar-refractivity contribution in [2.45, 2.75) is 44.7 Å². The Morgan fingerprint density at radius 2 is 2.05 bits per heavy atom. The first-order valence-electron chi connectivity index (χ1n) is 7.28. The highest BCUT2D eigenvalue weighted by Gasteiger charge is 2.25. The molecule has 1 amide bonds. The first-order chi connectivity index (χ1) is 9.10. The number of hydrogen-bond donors (Lipinski definition) is 1. The van der Waals surface area contributed by atoms with Crippen molar-refractivity contribution in [3.05, 3.63) is 0 Å². The molecule has 2 N–H and O–H groups in total. The number of rotatable bonds is 8. The standard InChI is InChI=1S/C14H29N3OS/c1-12(6-9-19-3)16(2)13(11-15)10-14(18)17-7-4-5-8-17/h12-13H,4-11,15H2,1-3H3. The van der Waals surface area contributed by atoms with E-state index in [-0.39, 0.29) is 11.9 Å². The van der Waals surface area contributed by atoms with E-state index in [1.807, 2.05) is 16.7 Å². The van der Waals surface area contributed by atoms with Crippen LogP contribution in [0.2, 0.25) is 0 Å². The van der Waals surface area contributed by atoms with Crippen LogP contribution in [-0.2, 0) is 4.79 Å². The number of amides is 1. The van der Waals surface area contributed by atoms with Crippen molar-refractivity contribution >= 4 is 17.7 Å². The molecule has 1 heterocycles. The van der Waals surface area contributed by atoms with Crippen LogP contribution in [0.5, 0.6) is 0 Å². The van der Waals surface area contributed by atoms with Gasteiger partial charge < -0.3 is 10.6 Å². The summed E-state index contributed by atoms with van der Waals surface area (Å²) in [7, 11) is 2.10. The average molecular weight is 287 g/mol. The first-order valence-corrected chi connectivity index (χ1v) is 8.68. The zero-order valence-electron chi connectivity index (χ0n) is 12.6. The molecular formula is C14H29N3OS. The maximum Gasteiger partial charge on any atom is 0.224 e. The van der Waals surface area contributed by atoms with Crippen molar-refractivity contribution in [3.8, 4) is 0 Å². The van der Waals surface area contributed by atoms with E-state index in [0.29, 0.717) is 19.0 Å². The Hall–Kier alpha value is -0.260. The van der Waals surface area contributed by atoms with E-state index in [2.05, 4.69) is 25.1 Å². The second kappa shape index (κ2) is 8.82. The van der Waals surface area contributed by atoms with Crippen molar-refractivity contribution in [2.24, 2.45) is 5.73 Å². The number of nitrogens with zero attached hydrogens (tertiary/aromatic N) is 2. The first kappa shape index (κ1) is 16.8. The average Bonchev–Trinajstić information content (AvgIpc) is 2.95. The number of hydrogen-bond acceptors (Lipinski definition) is 4. The molecule has 4 nitrogen and oxygen atoms in total. The minimum atomic E-state index is 0.171. The van der Waals surface area contributed by atoms with Crippen LogP contribution in [-0.4, -0.2) is 66.5 Å². The lowest BCUT2D eigenvalue weighted by molar-refractivity contribution is -0.131. The SMILES string of the molecule is CSCCC(C)N(C)C(CN)CC(=O)N1CCCC1. The number of likely N-dealkylation sites (N-methyl/N-ethyl adjacent to an activating group) is 1. The number of nitrogens with two attached hydrogens (primary N) is 1. The summed E-state index contributed by atoms with van der Waals surface area (Å²) in [5, 5.41) is 0. The second-order valence-electron chi connectivity index (χ2n) is 5.48. The maximum absolute atomic E-state index is 12.2. The zero-order chi connectivity index (χ0) is 14.3. The van der Waals surface area contributed by atoms with Crippen LogP contribution < -0.4 is 5.73 Å². The van der Waals surface area contributed by atoms with E-state index >= 15 is 0 Å². The molecule has 1 aliphatic heterocycles. The normalized spacial score (nSPS) is 18.9. The number of thioether (sulfide) groups is 1. The molecule has 0 aromatic carbocycles. The molecule has 0 aromatic rings. The van der Waals surface area contributed by atoms with Crippen LogP contribution >= 0.6 is 11.8 Å². The zero-order valence-corrected chi connectivity index (χ0v) is 13.4. The van der Waals surface area contributed by atoms with Crippen molar-refractivity contribution in [3.63, 3.8) is 0 Å². The topological polar surface area (TPSA) is 49.6 Å². The highest BCUT2D eigenvalue weighted by Crippen LogP contribution is 2.15. The van der Waals surface area contributed by atoms with Crippen LogP contribution in [0, 0.1) is 0 Å². The van der Waals surface area contributed by atoms with Gasteiger partial charge in [-0.3, -0.25) is 9.69 Å². The summed E-state index contributed by atoms with van der Waals surface area (Å²) in [5.74, 6) is 1.43. The molecule has 1 rings (SSSR count). The van der Waals surface area contributed by atoms with Gasteiger partial charge in [0.2, 0.25) is 5.91 Å². The van der Waals surface area contributed by atoms with Gasteiger partial charge in [-0.15, -0.1) is 0 Å². The lowest BCUT2D eigenvalue weighted by Crippen LogP contribution is -2.46. The molecule has 0 saturated carbocycles. The molecule has 5 heteroatoms. The largest absolute Gasteiger partial charge is 0.343 e. The van der Waals surface area contributed by atoms with Crippen molar-refractivity contribution in [1.29, 1.82) is 0 Å². The molecule has 0 aromatic heterocycles. The van der Waals surface area contributed by atoms with Gasteiger partial charge in [0.25, 0.3) is 0 Å². The Bertz CT molecular complexity index is 269. The van der Waals surface area contributed by atoms with E-state index < -0.39 is 0 Å². The Balaban J connectivity index is 2.44. The van der Waals surface area contributed by atoms with Crippen LogP contribution in [0.3, 0.4) is 0 Å². The summed E-state index contributed by atoms with van der Waals surface area (Å²) < 4.78 is 0. The van der Waals surface area contributed by atoms with Gasteiger partial charge in [-0.2, -0.15) is 11.8 Å². The molecule has 2 unspecified atom stereocenters. The van der Waals surface area contributed by atoms with Gasteiger partial charge in [-0.1, -0.05) is 0 Å². The van der Waals surface area contributed by atoms with Crippen LogP contribution in [0.4, 0.5) is 0 Å². The minimum Gasteiger partial charge on any atom is -0.343 e. The minimum absolute atomic E-state index is 0.171. The van der Waals surface area contributed by atoms with Crippen molar-refractivity contribution in [2.75, 3.05) is 38.7 Å². The number of carbonyl (C=O) groups excluding carboxylic acids is 1. The molecule has 1 saturated heterocycles. The van der Waals surface area contributed by atoms with E-state index in [1.54, 1.807) is 0 Å². The van der Waals surface area contributed by atoms with Gasteiger partial charge in [0, 0.05) is 38.1 Å². The van der Waals surface area contributed by atoms with Crippen LogP contribution in [0.1, 0.15) is 32.6 Å². The highest BCUT2D eigenvalue weighted by molar-refractivity contribution is 7.98. The summed E-state index contributed by atoms with van der Waals surface area (Å²) in [5.41, 5.74) is 5.87. The predicted molar refractivity (Wildman–Crippen MR) is 83.5 cm³/mol. The van der Waals surface area contributed by atoms with E-state index in [9.17, 15) is 4.79 Å². The lowest BCUT2D eigenvalue weighted by Gasteiger charge is -2.33. The van der Waals surface area contributed by atoms with Crippen LogP contribution in [0.25, 0.3) is 0 Å². The van der Waals surface area contributed by atoms with Gasteiger partial charge >= 0.3 is 0 Å². The molecule has 2 atom stereocenters. The third-order valence-electron chi connectivity index (χ3n) is 4.15. The summed E-state index contributed by atoms with van der Waals surface area (Å²) in [4.78, 5) is 16.5. The summed E-state index contributed by atoms with van der Waals surface area (Å²) in [6.07, 6.45) is 6.14. The predicted octanol–water partition coefficient (Wildman–Crippen LogP) is 1.40. The Morgan fingerprint density at radius 1 is 1.42 bits per heavy atom. The number of carbonyl (C=O) groups is 1. The van der Waals surface area contributed by atoms with E-state index in [0.717, 1.165) is 38.1 Å². The Kier molecular flexibility index (Phi) is 7.80. The monoisotopic (exact) mass is 287 g/mol. The third-order valence-corrected chi connectivity index (χ3v) is 4.80. The molecule has 0 spiro atoms. The quantitative estimate of drug-likeness (QED) is 0.733. The molecule has 0 radical (unpaired) electrons. The smallest absolute Gasteiger partial charge is 0.224 e. The fourth-order valence-electron chi connectivity index (χ4n) is 2.54. The van der Waals surface area contributed by atoms with Crippen molar-refractivity contribution < 1.29 is 4.79 Å². The van der Waals surface area contributed by atoms with E-state index in [4.69, 9.17) is 5.73 Å². The van der Waals surface area contributed by atoms with Gasteiger partial charge in [-0.25, -0.2) is 0 Å². The lowest BCUT2D eigenvalue weighted by atomic mass is 10.1. The van der Waals surface area contributed by atoms with Gasteiger partial charge in [0.1, 0.15) is 0 Å². The van der Waals surface area contributed by atoms with Crippen LogP contribution in [0.15, 0.2) is 0 Å². The molecule has 1 fully saturated rings. The van der Waals surface area contributed by atoms with Gasteiger partial charge in [-0.05, 0) is 45.2 Å². The summed E-state index contributed by atoms with van der Waals surface area (Å²) in [6.45, 7) is 4.64. The fraction of sp³-hybridized carbons (Fsp3) is 0.929. The molecule has 1 aliphatic rings. The van der Waals surface area contributed by atoms with Gasteiger partial charge in [0.05, 0.1) is 0 Å². The highest BCUT2D eigenvalue weighted by atomic mass is 32.2. The summed E-state index contributed by atoms with van der Waals surface area (Å²) >= 11 is 1.87. The molecule has 19 heavy (non-hydrogen) atoms. The van der Waals surface area contributed by atoms with E-state index in [1.165, 1.54) is 0 Å². The van der Waals surface area contributed by atoms with Crippen molar-refractivity contribution in [1.82, 2.24) is 9.80 Å². The molecule has 0 bridgehead atoms. The molecule has 0 aliphatic carbocycles. The fourth-order valence-corrected chi connectivity index (χ4v) is 3.12. The van der Waals surface area contributed by atoms with Gasteiger partial charge in [0.15, 0.2) is 0 Å². The Labute approximate surface area is 122 Å². The third kappa shape index (κ3) is 5.32. The number of likely N-dealkylation sites (tertiary alicyclic amines) is 1. The maximum atomic E-state index is 12.2. The second-order valence-corrected chi connectivity index (χ2v) is 6.46.